The number of hydrogen-bond acceptors (Lipinski definition) is 5. The van der Waals surface area contributed by atoms with E-state index in [0.717, 1.165) is 42.2 Å². The highest BCUT2D eigenvalue weighted by Gasteiger charge is 2.18. The maximum absolute atomic E-state index is 13.4. The summed E-state index contributed by atoms with van der Waals surface area (Å²) in [4.78, 5) is 8.86. The monoisotopic (exact) mass is 391 g/mol. The van der Waals surface area contributed by atoms with E-state index in [1.165, 1.54) is 12.1 Å². The van der Waals surface area contributed by atoms with Gasteiger partial charge < -0.3 is 9.26 Å². The molecule has 0 spiro atoms. The van der Waals surface area contributed by atoms with Gasteiger partial charge in [0.1, 0.15) is 23.0 Å². The van der Waals surface area contributed by atoms with E-state index >= 15 is 0 Å². The van der Waals surface area contributed by atoms with E-state index in [-0.39, 0.29) is 11.9 Å². The van der Waals surface area contributed by atoms with Crippen LogP contribution in [0.4, 0.5) is 4.39 Å². The molecule has 1 aliphatic heterocycles. The molecule has 1 unspecified atom stereocenters. The average molecular weight is 391 g/mol. The first-order valence-corrected chi connectivity index (χ1v) is 9.78. The Hall–Kier alpha value is -3.28. The standard InChI is InChI=1S/C23H22FN3O2/c1-2-3-11-28-20-9-7-16(8-10-20)22-14-21(29-27-22)13-19-15-25-23(26-19)17-5-4-6-18(24)12-17/h4-10,12,14-15,19H,2-3,11,13H2,1H3. The third-order valence-corrected chi connectivity index (χ3v) is 4.63. The molecule has 0 radical (unpaired) electrons. The lowest BCUT2D eigenvalue weighted by Gasteiger charge is -2.05. The largest absolute Gasteiger partial charge is 0.494 e. The number of ether oxygens (including phenoxy) is 1. The van der Waals surface area contributed by atoms with Crippen LogP contribution in [0.2, 0.25) is 0 Å². The summed E-state index contributed by atoms with van der Waals surface area (Å²) < 4.78 is 24.6. The lowest BCUT2D eigenvalue weighted by atomic mass is 10.1. The van der Waals surface area contributed by atoms with Gasteiger partial charge in [-0.2, -0.15) is 0 Å². The molecule has 4 rings (SSSR count). The van der Waals surface area contributed by atoms with E-state index < -0.39 is 0 Å². The van der Waals surface area contributed by atoms with Gasteiger partial charge in [-0.1, -0.05) is 30.6 Å². The molecule has 1 aliphatic rings. The highest BCUT2D eigenvalue weighted by Crippen LogP contribution is 2.23. The minimum Gasteiger partial charge on any atom is -0.494 e. The number of aromatic nitrogens is 1. The third kappa shape index (κ3) is 4.77. The Kier molecular flexibility index (Phi) is 5.79. The molecule has 1 aromatic heterocycles. The van der Waals surface area contributed by atoms with Gasteiger partial charge >= 0.3 is 0 Å². The zero-order valence-electron chi connectivity index (χ0n) is 16.2. The van der Waals surface area contributed by atoms with E-state index in [4.69, 9.17) is 9.26 Å². The second kappa shape index (κ2) is 8.82. The van der Waals surface area contributed by atoms with E-state index in [2.05, 4.69) is 22.1 Å². The molecule has 148 valence electrons. The fraction of sp³-hybridized carbons (Fsp3) is 0.261. The van der Waals surface area contributed by atoms with Crippen LogP contribution in [0.5, 0.6) is 5.75 Å². The Morgan fingerprint density at radius 1 is 1.07 bits per heavy atom. The van der Waals surface area contributed by atoms with Crippen molar-refractivity contribution in [2.75, 3.05) is 6.61 Å². The van der Waals surface area contributed by atoms with Crippen molar-refractivity contribution in [2.45, 2.75) is 32.2 Å². The van der Waals surface area contributed by atoms with Crippen molar-refractivity contribution in [1.29, 1.82) is 0 Å². The molecule has 1 atom stereocenters. The van der Waals surface area contributed by atoms with Crippen molar-refractivity contribution >= 4 is 12.1 Å². The Bertz CT molecular complexity index is 1020. The van der Waals surface area contributed by atoms with Gasteiger partial charge in [-0.3, -0.25) is 4.99 Å². The van der Waals surface area contributed by atoms with Gasteiger partial charge in [0.05, 0.1) is 12.6 Å². The molecule has 0 aliphatic carbocycles. The molecule has 2 heterocycles. The van der Waals surface area contributed by atoms with Gasteiger partial charge in [0, 0.05) is 29.8 Å². The Labute approximate surface area is 168 Å². The zero-order valence-corrected chi connectivity index (χ0v) is 16.2. The summed E-state index contributed by atoms with van der Waals surface area (Å²) in [5, 5.41) is 4.16. The van der Waals surface area contributed by atoms with E-state index in [1.54, 1.807) is 18.3 Å². The van der Waals surface area contributed by atoms with Crippen LogP contribution in [0.1, 0.15) is 31.1 Å². The predicted molar refractivity (Wildman–Crippen MR) is 111 cm³/mol. The first kappa shape index (κ1) is 19.1. The summed E-state index contributed by atoms with van der Waals surface area (Å²) in [7, 11) is 0. The van der Waals surface area contributed by atoms with Crippen LogP contribution in [0, 0.1) is 5.82 Å². The summed E-state index contributed by atoms with van der Waals surface area (Å²) in [6, 6.07) is 15.9. The number of nitrogens with zero attached hydrogens (tertiary/aromatic N) is 3. The lowest BCUT2D eigenvalue weighted by Crippen LogP contribution is -2.06. The number of benzene rings is 2. The molecule has 0 fully saturated rings. The smallest absolute Gasteiger partial charge is 0.155 e. The molecule has 5 nitrogen and oxygen atoms in total. The van der Waals surface area contributed by atoms with Crippen LogP contribution in [0.3, 0.4) is 0 Å². The Balaban J connectivity index is 1.39. The highest BCUT2D eigenvalue weighted by atomic mass is 19.1. The van der Waals surface area contributed by atoms with Crippen LogP contribution < -0.4 is 4.74 Å². The van der Waals surface area contributed by atoms with Crippen molar-refractivity contribution in [3.8, 4) is 17.0 Å². The SMILES string of the molecule is CCCCOc1ccc(-c2cc(CC3C=NC(c4cccc(F)c4)=N3)on2)cc1. The molecule has 6 heteroatoms. The second-order valence-electron chi connectivity index (χ2n) is 6.92. The molecule has 0 saturated carbocycles. The highest BCUT2D eigenvalue weighted by molar-refractivity contribution is 6.07. The van der Waals surface area contributed by atoms with Crippen molar-refractivity contribution in [1.82, 2.24) is 5.16 Å². The Morgan fingerprint density at radius 2 is 1.93 bits per heavy atom. The molecule has 3 aromatic rings. The fourth-order valence-corrected chi connectivity index (χ4v) is 3.06. The van der Waals surface area contributed by atoms with E-state index in [1.807, 2.05) is 30.3 Å². The fourth-order valence-electron chi connectivity index (χ4n) is 3.06. The number of hydrogen-bond donors (Lipinski definition) is 0. The third-order valence-electron chi connectivity index (χ3n) is 4.63. The zero-order chi connectivity index (χ0) is 20.1. The van der Waals surface area contributed by atoms with Crippen LogP contribution in [0.25, 0.3) is 11.3 Å². The molecular formula is C23H22FN3O2. The van der Waals surface area contributed by atoms with Gasteiger partial charge in [0.15, 0.2) is 5.84 Å². The average Bonchev–Trinajstić information content (AvgIpc) is 3.39. The maximum atomic E-state index is 13.4. The first-order chi connectivity index (χ1) is 14.2. The number of unbranched alkanes of at least 4 members (excludes halogenated alkanes) is 1. The second-order valence-corrected chi connectivity index (χ2v) is 6.92. The molecule has 0 N–H and O–H groups in total. The van der Waals surface area contributed by atoms with Crippen molar-refractivity contribution in [3.63, 3.8) is 0 Å². The molecule has 0 amide bonds. The summed E-state index contributed by atoms with van der Waals surface area (Å²) in [5.74, 6) is 1.81. The van der Waals surface area contributed by atoms with Gasteiger partial charge in [-0.15, -0.1) is 0 Å². The first-order valence-electron chi connectivity index (χ1n) is 9.78. The van der Waals surface area contributed by atoms with Crippen LogP contribution >= 0.6 is 0 Å². The van der Waals surface area contributed by atoms with Crippen molar-refractivity contribution in [3.05, 3.63) is 71.7 Å². The van der Waals surface area contributed by atoms with E-state index in [0.29, 0.717) is 17.8 Å². The van der Waals surface area contributed by atoms with Crippen LogP contribution in [-0.4, -0.2) is 29.9 Å². The molecule has 0 bridgehead atoms. The quantitative estimate of drug-likeness (QED) is 0.502. The number of rotatable bonds is 8. The number of halogens is 1. The van der Waals surface area contributed by atoms with Gasteiger partial charge in [-0.05, 0) is 42.8 Å². The van der Waals surface area contributed by atoms with Crippen molar-refractivity contribution in [2.24, 2.45) is 9.98 Å². The summed E-state index contributed by atoms with van der Waals surface area (Å²) in [6.45, 7) is 2.87. The van der Waals surface area contributed by atoms with Crippen molar-refractivity contribution < 1.29 is 13.7 Å². The summed E-state index contributed by atoms with van der Waals surface area (Å²) in [5.41, 5.74) is 2.40. The minimum atomic E-state index is -0.300. The normalized spacial score (nSPS) is 15.5. The predicted octanol–water partition coefficient (Wildman–Crippen LogP) is 5.10. The number of aliphatic imine (C=N–C) groups is 2. The lowest BCUT2D eigenvalue weighted by molar-refractivity contribution is 0.309. The molecule has 0 saturated heterocycles. The molecular weight excluding hydrogens is 369 g/mol. The van der Waals surface area contributed by atoms with Crippen LogP contribution in [0.15, 0.2) is 69.1 Å². The molecule has 2 aromatic carbocycles. The molecule has 29 heavy (non-hydrogen) atoms. The van der Waals surface area contributed by atoms with Gasteiger partial charge in [0.25, 0.3) is 0 Å². The van der Waals surface area contributed by atoms with Crippen LogP contribution in [-0.2, 0) is 6.42 Å². The minimum absolute atomic E-state index is 0.150. The summed E-state index contributed by atoms with van der Waals surface area (Å²) >= 11 is 0. The van der Waals surface area contributed by atoms with Gasteiger partial charge in [-0.25, -0.2) is 9.38 Å². The Morgan fingerprint density at radius 3 is 2.72 bits per heavy atom. The summed E-state index contributed by atoms with van der Waals surface area (Å²) in [6.07, 6.45) is 4.46. The van der Waals surface area contributed by atoms with Gasteiger partial charge in [0.2, 0.25) is 0 Å². The number of amidine groups is 1. The topological polar surface area (TPSA) is 60.0 Å². The maximum Gasteiger partial charge on any atom is 0.155 e. The van der Waals surface area contributed by atoms with E-state index in [9.17, 15) is 4.39 Å².